The van der Waals surface area contributed by atoms with Gasteiger partial charge in [0.2, 0.25) is 0 Å². The highest BCUT2D eigenvalue weighted by molar-refractivity contribution is 5.71. The molecule has 0 saturated carbocycles. The fraction of sp³-hybridized carbons (Fsp3) is 0.814. The van der Waals surface area contributed by atoms with Gasteiger partial charge in [-0.2, -0.15) is 0 Å². The molecule has 0 aliphatic rings. The average Bonchev–Trinajstić information content (AvgIpc) is 3.30. The lowest BCUT2D eigenvalue weighted by Crippen LogP contribution is -2.30. The summed E-state index contributed by atoms with van der Waals surface area (Å²) in [6, 6.07) is 0. The number of unbranched alkanes of at least 4 members (excludes halogenated alkanes) is 32. The first-order valence-corrected chi connectivity index (χ1v) is 28.1. The summed E-state index contributed by atoms with van der Waals surface area (Å²) < 4.78 is 16.8. The maximum Gasteiger partial charge on any atom is 0.306 e. The van der Waals surface area contributed by atoms with Crippen molar-refractivity contribution in [3.63, 3.8) is 0 Å². The number of hydrogen-bond acceptors (Lipinski definition) is 6. The summed E-state index contributed by atoms with van der Waals surface area (Å²) in [6.45, 7) is 6.53. The molecule has 0 aromatic carbocycles. The second-order valence-electron chi connectivity index (χ2n) is 18.8. The summed E-state index contributed by atoms with van der Waals surface area (Å²) in [4.78, 5) is 38.1. The first-order valence-electron chi connectivity index (χ1n) is 28.1. The summed E-state index contributed by atoms with van der Waals surface area (Å²) in [6.07, 6.45) is 65.3. The Hall–Kier alpha value is -2.63. The molecule has 0 fully saturated rings. The van der Waals surface area contributed by atoms with E-state index < -0.39 is 6.10 Å². The fourth-order valence-corrected chi connectivity index (χ4v) is 8.14. The quantitative estimate of drug-likeness (QED) is 0.0262. The zero-order valence-electron chi connectivity index (χ0n) is 43.3. The van der Waals surface area contributed by atoms with Gasteiger partial charge in [-0.15, -0.1) is 0 Å². The summed E-state index contributed by atoms with van der Waals surface area (Å²) >= 11 is 0. The van der Waals surface area contributed by atoms with Crippen molar-refractivity contribution in [3.8, 4) is 0 Å². The van der Waals surface area contributed by atoms with Crippen LogP contribution in [0.4, 0.5) is 0 Å². The molecule has 0 unspecified atom stereocenters. The number of allylic oxidation sites excluding steroid dienone is 8. The fourth-order valence-electron chi connectivity index (χ4n) is 8.14. The van der Waals surface area contributed by atoms with Gasteiger partial charge >= 0.3 is 17.9 Å². The Morgan fingerprint density at radius 3 is 0.938 bits per heavy atom. The Kier molecular flexibility index (Phi) is 51.8. The van der Waals surface area contributed by atoms with Crippen molar-refractivity contribution in [2.24, 2.45) is 0 Å². The predicted octanol–water partition coefficient (Wildman–Crippen LogP) is 18.7. The minimum Gasteiger partial charge on any atom is -0.462 e. The Balaban J connectivity index is 4.39. The number of rotatable bonds is 51. The van der Waals surface area contributed by atoms with Gasteiger partial charge in [-0.3, -0.25) is 14.4 Å². The van der Waals surface area contributed by atoms with E-state index >= 15 is 0 Å². The van der Waals surface area contributed by atoms with Crippen LogP contribution in [0.2, 0.25) is 0 Å². The molecular weight excluding hydrogens is 805 g/mol. The van der Waals surface area contributed by atoms with Crippen LogP contribution in [-0.4, -0.2) is 37.2 Å². The van der Waals surface area contributed by atoms with Gasteiger partial charge in [0.1, 0.15) is 13.2 Å². The van der Waals surface area contributed by atoms with Crippen molar-refractivity contribution in [1.82, 2.24) is 0 Å². The SMILES string of the molecule is CC/C=C\C/C=C\C/C=C\C/C=C\CCCCC(=O)O[C@H](COC(=O)CCCCCCCCCCCCCCCCC)COC(=O)CCCCCCCCCCCCCCCCCCC. The number of ether oxygens (including phenoxy) is 3. The maximum absolute atomic E-state index is 12.8. The zero-order chi connectivity index (χ0) is 47.2. The molecule has 1 atom stereocenters. The molecule has 65 heavy (non-hydrogen) atoms. The minimum atomic E-state index is -0.790. The summed E-state index contributed by atoms with van der Waals surface area (Å²) in [5.74, 6) is -0.912. The smallest absolute Gasteiger partial charge is 0.306 e. The molecule has 0 bridgehead atoms. The van der Waals surface area contributed by atoms with Crippen LogP contribution in [0.3, 0.4) is 0 Å². The van der Waals surface area contributed by atoms with Crippen molar-refractivity contribution < 1.29 is 28.6 Å². The summed E-state index contributed by atoms with van der Waals surface area (Å²) in [5.41, 5.74) is 0. The molecule has 6 nitrogen and oxygen atoms in total. The number of esters is 3. The number of carbonyl (C=O) groups excluding carboxylic acids is 3. The molecule has 0 amide bonds. The van der Waals surface area contributed by atoms with E-state index in [-0.39, 0.29) is 37.5 Å². The average molecular weight is 911 g/mol. The third kappa shape index (κ3) is 52.2. The zero-order valence-corrected chi connectivity index (χ0v) is 43.3. The molecule has 0 aromatic rings. The lowest BCUT2D eigenvalue weighted by atomic mass is 10.0. The van der Waals surface area contributed by atoms with Crippen LogP contribution >= 0.6 is 0 Å². The van der Waals surface area contributed by atoms with Crippen molar-refractivity contribution in [2.75, 3.05) is 13.2 Å². The van der Waals surface area contributed by atoms with Crippen LogP contribution < -0.4 is 0 Å². The van der Waals surface area contributed by atoms with E-state index in [4.69, 9.17) is 14.2 Å². The van der Waals surface area contributed by atoms with Crippen LogP contribution in [0.15, 0.2) is 48.6 Å². The Labute approximate surface area is 403 Å². The van der Waals surface area contributed by atoms with Gasteiger partial charge in [0.15, 0.2) is 6.10 Å². The number of carbonyl (C=O) groups is 3. The first kappa shape index (κ1) is 62.4. The number of hydrogen-bond donors (Lipinski definition) is 0. The van der Waals surface area contributed by atoms with Crippen molar-refractivity contribution in [3.05, 3.63) is 48.6 Å². The highest BCUT2D eigenvalue weighted by Crippen LogP contribution is 2.17. The molecule has 6 heteroatoms. The lowest BCUT2D eigenvalue weighted by Gasteiger charge is -2.18. The summed E-state index contributed by atoms with van der Waals surface area (Å²) in [7, 11) is 0. The monoisotopic (exact) mass is 911 g/mol. The molecule has 0 heterocycles. The molecule has 0 aromatic heterocycles. The van der Waals surface area contributed by atoms with E-state index in [1.807, 2.05) is 0 Å². The maximum atomic E-state index is 12.8. The standard InChI is InChI=1S/C59H106O6/c1-4-7-10-13-16-19-22-25-28-29-32-34-37-40-43-46-49-52-58(61)64-55-56(65-59(62)53-50-47-44-41-38-35-31-27-24-21-18-15-12-9-6-3)54-63-57(60)51-48-45-42-39-36-33-30-26-23-20-17-14-11-8-5-2/h9,12,18,21,27,31,38,41,56H,4-8,10-11,13-17,19-20,22-26,28-30,32-37,39-40,42-55H2,1-3H3/b12-9-,21-18-,31-27-,41-38-/t56-/m1/s1. The molecule has 0 saturated heterocycles. The van der Waals surface area contributed by atoms with Gasteiger partial charge in [-0.25, -0.2) is 0 Å². The third-order valence-electron chi connectivity index (χ3n) is 12.3. The topological polar surface area (TPSA) is 78.9 Å². The highest BCUT2D eigenvalue weighted by atomic mass is 16.6. The molecule has 0 rings (SSSR count). The predicted molar refractivity (Wildman–Crippen MR) is 279 cm³/mol. The van der Waals surface area contributed by atoms with E-state index in [2.05, 4.69) is 69.4 Å². The van der Waals surface area contributed by atoms with E-state index in [0.717, 1.165) is 77.0 Å². The normalized spacial score (nSPS) is 12.4. The summed E-state index contributed by atoms with van der Waals surface area (Å²) in [5, 5.41) is 0. The van der Waals surface area contributed by atoms with Gasteiger partial charge in [-0.1, -0.05) is 262 Å². The highest BCUT2D eigenvalue weighted by Gasteiger charge is 2.19. The van der Waals surface area contributed by atoms with Gasteiger partial charge in [-0.05, 0) is 57.8 Å². The van der Waals surface area contributed by atoms with Gasteiger partial charge < -0.3 is 14.2 Å². The largest absolute Gasteiger partial charge is 0.462 e. The van der Waals surface area contributed by atoms with Crippen molar-refractivity contribution in [1.29, 1.82) is 0 Å². The molecule has 0 aliphatic heterocycles. The molecule has 378 valence electrons. The van der Waals surface area contributed by atoms with Crippen LogP contribution in [0.25, 0.3) is 0 Å². The van der Waals surface area contributed by atoms with Gasteiger partial charge in [0.05, 0.1) is 0 Å². The molecule has 0 N–H and O–H groups in total. The van der Waals surface area contributed by atoms with Crippen molar-refractivity contribution >= 4 is 17.9 Å². The lowest BCUT2D eigenvalue weighted by molar-refractivity contribution is -0.167. The van der Waals surface area contributed by atoms with Crippen LogP contribution in [0.1, 0.15) is 290 Å². The minimum absolute atomic E-state index is 0.0856. The van der Waals surface area contributed by atoms with E-state index in [1.165, 1.54) is 167 Å². The van der Waals surface area contributed by atoms with Crippen molar-refractivity contribution in [2.45, 2.75) is 297 Å². The van der Waals surface area contributed by atoms with Gasteiger partial charge in [0.25, 0.3) is 0 Å². The molecule has 0 radical (unpaired) electrons. The second-order valence-corrected chi connectivity index (χ2v) is 18.8. The Morgan fingerprint density at radius 1 is 0.323 bits per heavy atom. The Bertz CT molecular complexity index is 1140. The van der Waals surface area contributed by atoms with E-state index in [9.17, 15) is 14.4 Å². The Morgan fingerprint density at radius 2 is 0.600 bits per heavy atom. The second kappa shape index (κ2) is 54.0. The molecular formula is C59H106O6. The molecule has 0 spiro atoms. The molecule has 0 aliphatic carbocycles. The van der Waals surface area contributed by atoms with Gasteiger partial charge in [0, 0.05) is 19.3 Å². The van der Waals surface area contributed by atoms with Crippen LogP contribution in [0.5, 0.6) is 0 Å². The van der Waals surface area contributed by atoms with Crippen LogP contribution in [-0.2, 0) is 28.6 Å². The third-order valence-corrected chi connectivity index (χ3v) is 12.3. The van der Waals surface area contributed by atoms with Crippen LogP contribution in [0, 0.1) is 0 Å². The van der Waals surface area contributed by atoms with E-state index in [0.29, 0.717) is 19.3 Å². The van der Waals surface area contributed by atoms with E-state index in [1.54, 1.807) is 0 Å². The first-order chi connectivity index (χ1) is 32.0.